The number of allylic oxidation sites excluding steroid dienone is 1. The molecule has 72 valence electrons. The molecule has 0 aliphatic heterocycles. The molecule has 0 radical (unpaired) electrons. The quantitative estimate of drug-likeness (QED) is 0.530. The van der Waals surface area contributed by atoms with E-state index in [0.717, 1.165) is 11.3 Å². The lowest BCUT2D eigenvalue weighted by molar-refractivity contribution is -0.113. The molecule has 3 nitrogen and oxygen atoms in total. The van der Waals surface area contributed by atoms with Crippen molar-refractivity contribution in [2.75, 3.05) is 0 Å². The molecule has 0 spiro atoms. The van der Waals surface area contributed by atoms with Crippen LogP contribution in [0, 0.1) is 25.2 Å². The summed E-state index contributed by atoms with van der Waals surface area (Å²) < 4.78 is 5.32. The van der Waals surface area contributed by atoms with Crippen molar-refractivity contribution >= 4 is 11.9 Å². The molecule has 0 amide bonds. The lowest BCUT2D eigenvalue weighted by atomic mass is 10.2. The van der Waals surface area contributed by atoms with Crippen LogP contribution in [-0.4, -0.2) is 5.78 Å². The Hall–Kier alpha value is -1.82. The van der Waals surface area contributed by atoms with Gasteiger partial charge in [-0.2, -0.15) is 5.26 Å². The number of nitriles is 1. The van der Waals surface area contributed by atoms with Crippen LogP contribution >= 0.6 is 0 Å². The number of aryl methyl sites for hydroxylation is 2. The molecule has 1 heterocycles. The largest absolute Gasteiger partial charge is 0.462 e. The molecule has 1 aromatic rings. The van der Waals surface area contributed by atoms with E-state index in [-0.39, 0.29) is 11.4 Å². The Morgan fingerprint density at radius 2 is 2.21 bits per heavy atom. The lowest BCUT2D eigenvalue weighted by Crippen LogP contribution is -1.92. The van der Waals surface area contributed by atoms with Crippen LogP contribution in [0.1, 0.15) is 24.0 Å². The first-order valence-electron chi connectivity index (χ1n) is 4.24. The first-order chi connectivity index (χ1) is 6.54. The van der Waals surface area contributed by atoms with Crippen LogP contribution in [-0.2, 0) is 4.79 Å². The van der Waals surface area contributed by atoms with Gasteiger partial charge in [0.1, 0.15) is 17.6 Å². The van der Waals surface area contributed by atoms with Crippen LogP contribution in [0.25, 0.3) is 6.08 Å². The molecule has 0 aliphatic rings. The summed E-state index contributed by atoms with van der Waals surface area (Å²) in [5.41, 5.74) is 1.12. The minimum absolute atomic E-state index is 0.110. The Bertz CT molecular complexity index is 413. The SMILES string of the molecule is CC(=O)/C(C#N)=C\c1cc(C)c(C)o1. The molecule has 3 heteroatoms. The first-order valence-corrected chi connectivity index (χ1v) is 4.24. The number of hydrogen-bond acceptors (Lipinski definition) is 3. The van der Waals surface area contributed by atoms with Gasteiger partial charge in [-0.3, -0.25) is 4.79 Å². The molecule has 1 aromatic heterocycles. The third-order valence-electron chi connectivity index (χ3n) is 1.97. The Morgan fingerprint density at radius 1 is 1.57 bits per heavy atom. The Labute approximate surface area is 82.6 Å². The number of ketones is 1. The first kappa shape index (κ1) is 10.3. The average molecular weight is 189 g/mol. The number of Topliss-reactive ketones (excluding diaryl/α,β-unsaturated/α-hetero) is 1. The summed E-state index contributed by atoms with van der Waals surface area (Å²) in [6.07, 6.45) is 1.46. The molecular weight excluding hydrogens is 178 g/mol. The smallest absolute Gasteiger partial charge is 0.170 e. The van der Waals surface area contributed by atoms with Crippen molar-refractivity contribution in [1.29, 1.82) is 5.26 Å². The molecule has 0 atom stereocenters. The summed E-state index contributed by atoms with van der Waals surface area (Å²) in [6, 6.07) is 3.63. The standard InChI is InChI=1S/C11H11NO2/c1-7-4-11(14-9(7)3)5-10(6-12)8(2)13/h4-5H,1-3H3/b10-5-. The van der Waals surface area contributed by atoms with Crippen molar-refractivity contribution in [3.63, 3.8) is 0 Å². The second kappa shape index (κ2) is 3.93. The molecule has 0 unspecified atom stereocenters. The molecule has 0 N–H and O–H groups in total. The maximum atomic E-state index is 10.9. The summed E-state index contributed by atoms with van der Waals surface area (Å²) in [5.74, 6) is 1.10. The Morgan fingerprint density at radius 3 is 2.57 bits per heavy atom. The van der Waals surface area contributed by atoms with Gasteiger partial charge in [-0.15, -0.1) is 0 Å². The van der Waals surface area contributed by atoms with E-state index in [1.165, 1.54) is 13.0 Å². The van der Waals surface area contributed by atoms with Crippen molar-refractivity contribution in [3.05, 3.63) is 28.7 Å². The number of furan rings is 1. The average Bonchev–Trinajstić information content (AvgIpc) is 2.41. The molecule has 0 fully saturated rings. The van der Waals surface area contributed by atoms with E-state index in [0.29, 0.717) is 5.76 Å². The number of nitrogens with zero attached hydrogens (tertiary/aromatic N) is 1. The number of hydrogen-bond donors (Lipinski definition) is 0. The van der Waals surface area contributed by atoms with Crippen LogP contribution < -0.4 is 0 Å². The van der Waals surface area contributed by atoms with Crippen LogP contribution in [0.4, 0.5) is 0 Å². The molecule has 0 saturated heterocycles. The summed E-state index contributed by atoms with van der Waals surface area (Å²) in [7, 11) is 0. The summed E-state index contributed by atoms with van der Waals surface area (Å²) in [5, 5.41) is 8.65. The fraction of sp³-hybridized carbons (Fsp3) is 0.273. The molecule has 14 heavy (non-hydrogen) atoms. The third kappa shape index (κ3) is 2.11. The predicted molar refractivity (Wildman–Crippen MR) is 52.5 cm³/mol. The Kier molecular flexibility index (Phi) is 2.88. The highest BCUT2D eigenvalue weighted by Crippen LogP contribution is 2.16. The highest BCUT2D eigenvalue weighted by Gasteiger charge is 2.05. The minimum Gasteiger partial charge on any atom is -0.462 e. The zero-order chi connectivity index (χ0) is 10.7. The van der Waals surface area contributed by atoms with Crippen molar-refractivity contribution in [2.45, 2.75) is 20.8 Å². The molecular formula is C11H11NO2. The van der Waals surface area contributed by atoms with E-state index < -0.39 is 0 Å². The second-order valence-electron chi connectivity index (χ2n) is 3.11. The van der Waals surface area contributed by atoms with Gasteiger partial charge in [0.25, 0.3) is 0 Å². The second-order valence-corrected chi connectivity index (χ2v) is 3.11. The number of carbonyl (C=O) groups is 1. The van der Waals surface area contributed by atoms with Gasteiger partial charge in [0.2, 0.25) is 0 Å². The number of rotatable bonds is 2. The molecule has 1 rings (SSSR count). The molecule has 0 aromatic carbocycles. The van der Waals surface area contributed by atoms with Crippen LogP contribution in [0.5, 0.6) is 0 Å². The maximum absolute atomic E-state index is 10.9. The van der Waals surface area contributed by atoms with Gasteiger partial charge in [-0.1, -0.05) is 0 Å². The highest BCUT2D eigenvalue weighted by molar-refractivity contribution is 6.01. The van der Waals surface area contributed by atoms with Crippen molar-refractivity contribution in [3.8, 4) is 6.07 Å². The van der Waals surface area contributed by atoms with Gasteiger partial charge >= 0.3 is 0 Å². The Balaban J connectivity index is 3.08. The molecule has 0 bridgehead atoms. The van der Waals surface area contributed by atoms with Crippen molar-refractivity contribution in [2.24, 2.45) is 0 Å². The van der Waals surface area contributed by atoms with Crippen LogP contribution in [0.15, 0.2) is 16.1 Å². The summed E-state index contributed by atoms with van der Waals surface area (Å²) in [6.45, 7) is 5.11. The maximum Gasteiger partial charge on any atom is 0.170 e. The fourth-order valence-electron chi connectivity index (χ4n) is 1.03. The fourth-order valence-corrected chi connectivity index (χ4v) is 1.03. The number of carbonyl (C=O) groups excluding carboxylic acids is 1. The monoisotopic (exact) mass is 189 g/mol. The normalized spacial score (nSPS) is 11.1. The van der Waals surface area contributed by atoms with Gasteiger partial charge in [0.05, 0.1) is 5.57 Å². The van der Waals surface area contributed by atoms with Gasteiger partial charge in [0, 0.05) is 6.08 Å². The van der Waals surface area contributed by atoms with E-state index in [9.17, 15) is 4.79 Å². The van der Waals surface area contributed by atoms with E-state index >= 15 is 0 Å². The van der Waals surface area contributed by atoms with Gasteiger partial charge < -0.3 is 4.42 Å². The van der Waals surface area contributed by atoms with Crippen LogP contribution in [0.2, 0.25) is 0 Å². The predicted octanol–water partition coefficient (Wildman–Crippen LogP) is 2.39. The molecule has 0 saturated carbocycles. The topological polar surface area (TPSA) is 54.0 Å². The third-order valence-corrected chi connectivity index (χ3v) is 1.97. The van der Waals surface area contributed by atoms with Crippen LogP contribution in [0.3, 0.4) is 0 Å². The lowest BCUT2D eigenvalue weighted by Gasteiger charge is -1.88. The van der Waals surface area contributed by atoms with E-state index in [1.54, 1.807) is 6.07 Å². The summed E-state index contributed by atoms with van der Waals surface area (Å²) >= 11 is 0. The van der Waals surface area contributed by atoms with E-state index in [1.807, 2.05) is 19.9 Å². The zero-order valence-corrected chi connectivity index (χ0v) is 8.42. The van der Waals surface area contributed by atoms with E-state index in [4.69, 9.17) is 9.68 Å². The van der Waals surface area contributed by atoms with Gasteiger partial charge in [-0.05, 0) is 32.4 Å². The zero-order valence-electron chi connectivity index (χ0n) is 8.42. The highest BCUT2D eigenvalue weighted by atomic mass is 16.3. The molecule has 0 aliphatic carbocycles. The minimum atomic E-state index is -0.251. The van der Waals surface area contributed by atoms with Crippen molar-refractivity contribution < 1.29 is 9.21 Å². The summed E-state index contributed by atoms with van der Waals surface area (Å²) in [4.78, 5) is 10.9. The van der Waals surface area contributed by atoms with Gasteiger partial charge in [0.15, 0.2) is 5.78 Å². The van der Waals surface area contributed by atoms with Gasteiger partial charge in [-0.25, -0.2) is 0 Å². The van der Waals surface area contributed by atoms with E-state index in [2.05, 4.69) is 0 Å². The van der Waals surface area contributed by atoms with Crippen molar-refractivity contribution in [1.82, 2.24) is 0 Å².